The molecule has 0 saturated carbocycles. The number of carbonyl (C=O) groups excluding carboxylic acids is 1. The first-order valence-electron chi connectivity index (χ1n) is 6.20. The number of rotatable bonds is 4. The molecule has 1 rings (SSSR count). The van der Waals surface area contributed by atoms with Gasteiger partial charge in [-0.1, -0.05) is 13.8 Å². The third kappa shape index (κ3) is 4.10. The van der Waals surface area contributed by atoms with Crippen molar-refractivity contribution in [3.63, 3.8) is 0 Å². The smallest absolute Gasteiger partial charge is 0.236 e. The monoisotopic (exact) mass is 228 g/mol. The number of likely N-dealkylation sites (tertiary alicyclic amines) is 1. The number of piperidine rings is 1. The fraction of sp³-hybridized carbons (Fsp3) is 0.917. The van der Waals surface area contributed by atoms with E-state index in [9.17, 15) is 9.90 Å². The summed E-state index contributed by atoms with van der Waals surface area (Å²) in [6.45, 7) is 7.90. The van der Waals surface area contributed by atoms with Crippen LogP contribution in [-0.2, 0) is 4.79 Å². The zero-order chi connectivity index (χ0) is 12.1. The van der Waals surface area contributed by atoms with Gasteiger partial charge in [0.1, 0.15) is 0 Å². The van der Waals surface area contributed by atoms with Crippen LogP contribution in [0.4, 0.5) is 0 Å². The van der Waals surface area contributed by atoms with Crippen LogP contribution >= 0.6 is 0 Å². The molecular formula is C12H24N2O2. The van der Waals surface area contributed by atoms with E-state index in [1.807, 2.05) is 25.7 Å². The molecule has 1 aliphatic heterocycles. The Kier molecular flexibility index (Phi) is 5.22. The average Bonchev–Trinajstić information content (AvgIpc) is 2.26. The highest BCUT2D eigenvalue weighted by atomic mass is 16.3. The Morgan fingerprint density at radius 3 is 2.38 bits per heavy atom. The maximum Gasteiger partial charge on any atom is 0.236 e. The Hall–Kier alpha value is -0.610. The van der Waals surface area contributed by atoms with E-state index in [1.54, 1.807) is 0 Å². The predicted molar refractivity (Wildman–Crippen MR) is 64.1 cm³/mol. The zero-order valence-electron chi connectivity index (χ0n) is 10.6. The van der Waals surface area contributed by atoms with E-state index < -0.39 is 0 Å². The molecule has 0 spiro atoms. The quantitative estimate of drug-likeness (QED) is 0.741. The highest BCUT2D eigenvalue weighted by Gasteiger charge is 2.24. The van der Waals surface area contributed by atoms with Gasteiger partial charge in [0.05, 0.1) is 12.6 Å². The molecule has 1 aliphatic rings. The van der Waals surface area contributed by atoms with E-state index >= 15 is 0 Å². The summed E-state index contributed by atoms with van der Waals surface area (Å²) < 4.78 is 0. The molecule has 4 nitrogen and oxygen atoms in total. The maximum absolute atomic E-state index is 11.8. The van der Waals surface area contributed by atoms with Gasteiger partial charge in [-0.05, 0) is 25.7 Å². The van der Waals surface area contributed by atoms with Gasteiger partial charge in [0.15, 0.2) is 0 Å². The molecule has 1 atom stereocenters. The topological polar surface area (TPSA) is 52.6 Å². The van der Waals surface area contributed by atoms with E-state index in [0.717, 1.165) is 25.9 Å². The van der Waals surface area contributed by atoms with Crippen LogP contribution < -0.4 is 5.32 Å². The number of hydrogen-bond donors (Lipinski definition) is 2. The summed E-state index contributed by atoms with van der Waals surface area (Å²) in [5.41, 5.74) is 0. The molecular weight excluding hydrogens is 204 g/mol. The molecule has 0 aromatic rings. The molecule has 0 aromatic heterocycles. The lowest BCUT2D eigenvalue weighted by Crippen LogP contribution is -2.45. The normalized spacial score (nSPS) is 20.2. The Balaban J connectivity index is 2.27. The zero-order valence-corrected chi connectivity index (χ0v) is 10.6. The summed E-state index contributed by atoms with van der Waals surface area (Å²) >= 11 is 0. The molecule has 1 fully saturated rings. The third-order valence-corrected chi connectivity index (χ3v) is 3.24. The number of amides is 1. The molecule has 2 N–H and O–H groups in total. The highest BCUT2D eigenvalue weighted by molar-refractivity contribution is 5.78. The summed E-state index contributed by atoms with van der Waals surface area (Å²) in [4.78, 5) is 13.7. The maximum atomic E-state index is 11.8. The standard InChI is InChI=1S/C12H24N2O2/c1-9(2)13-8-12(16)14-6-4-11(5-7-14)10(3)15/h9-11,13,15H,4-8H2,1-3H3. The summed E-state index contributed by atoms with van der Waals surface area (Å²) in [6.07, 6.45) is 1.60. The van der Waals surface area contributed by atoms with Gasteiger partial charge < -0.3 is 15.3 Å². The van der Waals surface area contributed by atoms with Crippen LogP contribution in [0, 0.1) is 5.92 Å². The van der Waals surface area contributed by atoms with Gasteiger partial charge in [-0.15, -0.1) is 0 Å². The molecule has 1 saturated heterocycles. The van der Waals surface area contributed by atoms with Gasteiger partial charge in [-0.3, -0.25) is 4.79 Å². The second-order valence-corrected chi connectivity index (χ2v) is 4.99. The van der Waals surface area contributed by atoms with Crippen LogP contribution in [0.3, 0.4) is 0 Å². The van der Waals surface area contributed by atoms with Crippen molar-refractivity contribution in [2.24, 2.45) is 5.92 Å². The van der Waals surface area contributed by atoms with Gasteiger partial charge >= 0.3 is 0 Å². The summed E-state index contributed by atoms with van der Waals surface area (Å²) in [5.74, 6) is 0.542. The highest BCUT2D eigenvalue weighted by Crippen LogP contribution is 2.20. The van der Waals surface area contributed by atoms with Crippen molar-refractivity contribution in [2.45, 2.75) is 45.8 Å². The van der Waals surface area contributed by atoms with Crippen LogP contribution in [-0.4, -0.2) is 47.7 Å². The largest absolute Gasteiger partial charge is 0.393 e. The fourth-order valence-corrected chi connectivity index (χ4v) is 2.03. The molecule has 4 heteroatoms. The van der Waals surface area contributed by atoms with Gasteiger partial charge in [0.2, 0.25) is 5.91 Å². The molecule has 1 heterocycles. The Morgan fingerprint density at radius 2 is 1.94 bits per heavy atom. The molecule has 1 amide bonds. The second kappa shape index (κ2) is 6.21. The van der Waals surface area contributed by atoms with Crippen molar-refractivity contribution in [3.05, 3.63) is 0 Å². The first-order chi connectivity index (χ1) is 7.50. The predicted octanol–water partition coefficient (Wildman–Crippen LogP) is 0.604. The lowest BCUT2D eigenvalue weighted by Gasteiger charge is -2.33. The van der Waals surface area contributed by atoms with Crippen LogP contribution in [0.15, 0.2) is 0 Å². The van der Waals surface area contributed by atoms with Gasteiger partial charge in [0.25, 0.3) is 0 Å². The lowest BCUT2D eigenvalue weighted by atomic mass is 9.92. The third-order valence-electron chi connectivity index (χ3n) is 3.24. The molecule has 94 valence electrons. The number of aliphatic hydroxyl groups is 1. The number of hydrogen-bond acceptors (Lipinski definition) is 3. The molecule has 16 heavy (non-hydrogen) atoms. The first-order valence-corrected chi connectivity index (χ1v) is 6.20. The minimum atomic E-state index is -0.244. The van der Waals surface area contributed by atoms with E-state index in [-0.39, 0.29) is 12.0 Å². The molecule has 0 radical (unpaired) electrons. The number of aliphatic hydroxyl groups excluding tert-OH is 1. The molecule has 0 bridgehead atoms. The van der Waals surface area contributed by atoms with E-state index in [1.165, 1.54) is 0 Å². The molecule has 0 aromatic carbocycles. The summed E-state index contributed by atoms with van der Waals surface area (Å²) in [7, 11) is 0. The SMILES string of the molecule is CC(C)NCC(=O)N1CCC(C(C)O)CC1. The van der Waals surface area contributed by atoms with Crippen molar-refractivity contribution < 1.29 is 9.90 Å². The van der Waals surface area contributed by atoms with Gasteiger partial charge in [-0.2, -0.15) is 0 Å². The number of nitrogens with zero attached hydrogens (tertiary/aromatic N) is 1. The van der Waals surface area contributed by atoms with Crippen LogP contribution in [0.1, 0.15) is 33.6 Å². The van der Waals surface area contributed by atoms with E-state index in [0.29, 0.717) is 18.5 Å². The number of carbonyl (C=O) groups is 1. The van der Waals surface area contributed by atoms with Crippen molar-refractivity contribution in [2.75, 3.05) is 19.6 Å². The number of nitrogens with one attached hydrogen (secondary N) is 1. The lowest BCUT2D eigenvalue weighted by molar-refractivity contribution is -0.132. The minimum Gasteiger partial charge on any atom is -0.393 e. The summed E-state index contributed by atoms with van der Waals surface area (Å²) in [6, 6.07) is 0.346. The Labute approximate surface area is 98.0 Å². The van der Waals surface area contributed by atoms with Crippen LogP contribution in [0.5, 0.6) is 0 Å². The van der Waals surface area contributed by atoms with Crippen molar-refractivity contribution in [1.82, 2.24) is 10.2 Å². The Morgan fingerprint density at radius 1 is 1.38 bits per heavy atom. The fourth-order valence-electron chi connectivity index (χ4n) is 2.03. The Bertz CT molecular complexity index is 221. The van der Waals surface area contributed by atoms with Crippen LogP contribution in [0.25, 0.3) is 0 Å². The van der Waals surface area contributed by atoms with Crippen molar-refractivity contribution in [3.8, 4) is 0 Å². The molecule has 1 unspecified atom stereocenters. The van der Waals surface area contributed by atoms with Crippen molar-refractivity contribution >= 4 is 5.91 Å². The van der Waals surface area contributed by atoms with E-state index in [4.69, 9.17) is 0 Å². The van der Waals surface area contributed by atoms with Gasteiger partial charge in [0, 0.05) is 19.1 Å². The van der Waals surface area contributed by atoms with E-state index in [2.05, 4.69) is 5.32 Å². The minimum absolute atomic E-state index is 0.178. The average molecular weight is 228 g/mol. The molecule has 0 aliphatic carbocycles. The van der Waals surface area contributed by atoms with Gasteiger partial charge in [-0.25, -0.2) is 0 Å². The van der Waals surface area contributed by atoms with Crippen LogP contribution in [0.2, 0.25) is 0 Å². The second-order valence-electron chi connectivity index (χ2n) is 4.99. The summed E-state index contributed by atoms with van der Waals surface area (Å²) in [5, 5.41) is 12.6. The first kappa shape index (κ1) is 13.5. The van der Waals surface area contributed by atoms with Crippen molar-refractivity contribution in [1.29, 1.82) is 0 Å².